The summed E-state index contributed by atoms with van der Waals surface area (Å²) >= 11 is 0. The fourth-order valence-corrected chi connectivity index (χ4v) is 4.42. The Morgan fingerprint density at radius 1 is 1.27 bits per heavy atom. The van der Waals surface area contributed by atoms with Crippen LogP contribution < -0.4 is 0 Å². The molecule has 2 aliphatic heterocycles. The first-order chi connectivity index (χ1) is 14.0. The van der Waals surface area contributed by atoms with E-state index in [9.17, 15) is 9.59 Å². The van der Waals surface area contributed by atoms with Gasteiger partial charge in [0.2, 0.25) is 5.79 Å². The highest BCUT2D eigenvalue weighted by Crippen LogP contribution is 2.37. The van der Waals surface area contributed by atoms with Crippen molar-refractivity contribution in [1.29, 1.82) is 0 Å². The number of Topliss-reactive ketones (excluding diaryl/α,β-unsaturated/α-hetero) is 1. The molecule has 2 rings (SSSR count). The van der Waals surface area contributed by atoms with Crippen LogP contribution in [0, 0.1) is 5.92 Å². The fraction of sp³-hybridized carbons (Fsp3) is 0.818. The van der Waals surface area contributed by atoms with Crippen molar-refractivity contribution in [3.05, 3.63) is 12.2 Å². The monoisotopic (exact) mass is 441 g/mol. The topological polar surface area (TPSA) is 74.3 Å². The smallest absolute Gasteiger partial charge is 0.299 e. The fourth-order valence-electron chi connectivity index (χ4n) is 3.66. The first kappa shape index (κ1) is 25.2. The van der Waals surface area contributed by atoms with E-state index in [4.69, 9.17) is 18.9 Å². The minimum absolute atomic E-state index is 0.0203. The van der Waals surface area contributed by atoms with E-state index < -0.39 is 31.8 Å². The van der Waals surface area contributed by atoms with Gasteiger partial charge in [-0.25, -0.2) is 0 Å². The van der Waals surface area contributed by atoms with Gasteiger partial charge in [-0.2, -0.15) is 0 Å². The van der Waals surface area contributed by atoms with Crippen molar-refractivity contribution in [2.45, 2.75) is 83.3 Å². The molecule has 0 aromatic rings. The number of methoxy groups -OCH3 is 1. The second kappa shape index (κ2) is 10.5. The Bertz CT molecular complexity index is 628. The third-order valence-electron chi connectivity index (χ3n) is 6.04. The number of ketones is 1. The molecule has 1 amide bonds. The summed E-state index contributed by atoms with van der Waals surface area (Å²) in [4.78, 5) is 28.1. The summed E-state index contributed by atoms with van der Waals surface area (Å²) in [5, 5.41) is 0. The summed E-state index contributed by atoms with van der Waals surface area (Å²) < 4.78 is 23.1. The largest absolute Gasteiger partial charge is 0.361 e. The van der Waals surface area contributed by atoms with Crippen LogP contribution in [-0.4, -0.2) is 69.8 Å². The second-order valence-electron chi connectivity index (χ2n) is 9.68. The van der Waals surface area contributed by atoms with E-state index in [1.807, 2.05) is 13.8 Å². The Morgan fingerprint density at radius 2 is 1.97 bits per heavy atom. The average Bonchev–Trinajstić information content (AvgIpc) is 2.70. The van der Waals surface area contributed by atoms with E-state index in [1.54, 1.807) is 0 Å². The van der Waals surface area contributed by atoms with E-state index in [0.29, 0.717) is 19.6 Å². The number of hydrogen-bond acceptors (Lipinski definition) is 6. The molecule has 2 saturated heterocycles. The molecule has 2 fully saturated rings. The van der Waals surface area contributed by atoms with Crippen molar-refractivity contribution in [3.8, 4) is 0 Å². The molecule has 0 aliphatic carbocycles. The highest BCUT2D eigenvalue weighted by molar-refractivity contribution is 6.76. The highest BCUT2D eigenvalue weighted by atomic mass is 28.3. The third kappa shape index (κ3) is 6.23. The molecule has 0 radical (unpaired) electrons. The van der Waals surface area contributed by atoms with E-state index >= 15 is 0 Å². The van der Waals surface area contributed by atoms with Crippen LogP contribution in [0.3, 0.4) is 0 Å². The number of rotatable bonds is 9. The molecule has 4 atom stereocenters. The lowest BCUT2D eigenvalue weighted by atomic mass is 9.86. The van der Waals surface area contributed by atoms with Gasteiger partial charge in [-0.15, -0.1) is 0 Å². The zero-order chi connectivity index (χ0) is 22.5. The van der Waals surface area contributed by atoms with E-state index in [0.717, 1.165) is 24.5 Å². The average molecular weight is 442 g/mol. The van der Waals surface area contributed by atoms with Crippen LogP contribution in [0.2, 0.25) is 25.7 Å². The van der Waals surface area contributed by atoms with Crippen molar-refractivity contribution in [1.82, 2.24) is 4.90 Å². The Labute approximate surface area is 182 Å². The standard InChI is InChI=1S/C22H39NO6Si/c1-16-14-22(26-4,29-18(3)17(16)2)20(24)21(25)23(19-10-8-9-11-28-19)15-27-12-13-30(5,6)7/h17-19H,1,8-15H2,2-7H3/t17-,18-,19+,22-/m1/s1. The van der Waals surface area contributed by atoms with Crippen LogP contribution in [-0.2, 0) is 28.5 Å². The van der Waals surface area contributed by atoms with Crippen LogP contribution in [0.5, 0.6) is 0 Å². The third-order valence-corrected chi connectivity index (χ3v) is 7.75. The summed E-state index contributed by atoms with van der Waals surface area (Å²) in [6.45, 7) is 15.9. The van der Waals surface area contributed by atoms with Gasteiger partial charge in [0.1, 0.15) is 13.0 Å². The number of nitrogens with zero attached hydrogens (tertiary/aromatic N) is 1. The molecular weight excluding hydrogens is 402 g/mol. The van der Waals surface area contributed by atoms with Gasteiger partial charge in [-0.05, 0) is 32.2 Å². The van der Waals surface area contributed by atoms with Crippen molar-refractivity contribution >= 4 is 19.8 Å². The van der Waals surface area contributed by atoms with Gasteiger partial charge in [-0.1, -0.05) is 38.7 Å². The molecule has 172 valence electrons. The molecule has 0 aromatic carbocycles. The van der Waals surface area contributed by atoms with E-state index in [-0.39, 0.29) is 25.2 Å². The van der Waals surface area contributed by atoms with Crippen LogP contribution in [0.1, 0.15) is 39.5 Å². The Hall–Kier alpha value is -1.06. The predicted octanol–water partition coefficient (Wildman–Crippen LogP) is 3.57. The van der Waals surface area contributed by atoms with Crippen molar-refractivity contribution in [2.24, 2.45) is 5.92 Å². The van der Waals surface area contributed by atoms with E-state index in [2.05, 4.69) is 26.2 Å². The van der Waals surface area contributed by atoms with Gasteiger partial charge >= 0.3 is 0 Å². The zero-order valence-electron chi connectivity index (χ0n) is 19.5. The lowest BCUT2D eigenvalue weighted by molar-refractivity contribution is -0.250. The summed E-state index contributed by atoms with van der Waals surface area (Å²) in [5.74, 6) is -2.98. The maximum Gasteiger partial charge on any atom is 0.299 e. The molecule has 8 heteroatoms. The van der Waals surface area contributed by atoms with Crippen LogP contribution in [0.25, 0.3) is 0 Å². The van der Waals surface area contributed by atoms with Gasteiger partial charge in [-0.3, -0.25) is 14.5 Å². The lowest BCUT2D eigenvalue weighted by Crippen LogP contribution is -2.58. The minimum Gasteiger partial charge on any atom is -0.361 e. The second-order valence-corrected chi connectivity index (χ2v) is 15.3. The molecule has 0 N–H and O–H groups in total. The lowest BCUT2D eigenvalue weighted by Gasteiger charge is -2.42. The zero-order valence-corrected chi connectivity index (χ0v) is 20.5. The first-order valence-electron chi connectivity index (χ1n) is 11.0. The molecule has 2 heterocycles. The molecule has 2 aliphatic rings. The number of carbonyl (C=O) groups excluding carboxylic acids is 2. The molecule has 0 bridgehead atoms. The first-order valence-corrected chi connectivity index (χ1v) is 14.7. The number of carbonyl (C=O) groups is 2. The molecule has 0 spiro atoms. The SMILES string of the molecule is C=C1C[C@](OC)(C(=O)C(=O)N(COCC[Si](C)(C)C)[C@@H]2CCCCO2)O[C@H](C)[C@@H]1C. The predicted molar refractivity (Wildman–Crippen MR) is 118 cm³/mol. The molecule has 0 aromatic heterocycles. The van der Waals surface area contributed by atoms with Crippen LogP contribution in [0.4, 0.5) is 0 Å². The minimum atomic E-state index is -1.65. The van der Waals surface area contributed by atoms with Crippen molar-refractivity contribution in [3.63, 3.8) is 0 Å². The van der Waals surface area contributed by atoms with Gasteiger partial charge in [0, 0.05) is 40.7 Å². The van der Waals surface area contributed by atoms with Crippen molar-refractivity contribution < 1.29 is 28.5 Å². The van der Waals surface area contributed by atoms with Crippen molar-refractivity contribution in [2.75, 3.05) is 27.1 Å². The Kier molecular flexibility index (Phi) is 8.82. The number of amides is 1. The highest BCUT2D eigenvalue weighted by Gasteiger charge is 2.51. The van der Waals surface area contributed by atoms with Gasteiger partial charge in [0.25, 0.3) is 11.7 Å². The molecule has 7 nitrogen and oxygen atoms in total. The number of hydrogen-bond donors (Lipinski definition) is 0. The summed E-state index contributed by atoms with van der Waals surface area (Å²) in [6, 6.07) is 0.981. The number of ether oxygens (including phenoxy) is 4. The maximum atomic E-state index is 13.3. The maximum absolute atomic E-state index is 13.3. The molecule has 0 unspecified atom stereocenters. The Morgan fingerprint density at radius 3 is 2.50 bits per heavy atom. The van der Waals surface area contributed by atoms with Gasteiger partial charge in [0.15, 0.2) is 0 Å². The van der Waals surface area contributed by atoms with Crippen LogP contribution >= 0.6 is 0 Å². The summed E-state index contributed by atoms with van der Waals surface area (Å²) in [5.41, 5.74) is 0.837. The van der Waals surface area contributed by atoms with Gasteiger partial charge in [0.05, 0.1) is 6.10 Å². The summed E-state index contributed by atoms with van der Waals surface area (Å²) in [7, 11) is 0.135. The van der Waals surface area contributed by atoms with Crippen LogP contribution in [0.15, 0.2) is 12.2 Å². The Balaban J connectivity index is 2.16. The normalized spacial score (nSPS) is 30.2. The molecule has 30 heavy (non-hydrogen) atoms. The van der Waals surface area contributed by atoms with E-state index in [1.165, 1.54) is 12.0 Å². The summed E-state index contributed by atoms with van der Waals surface area (Å²) in [6.07, 6.45) is 1.97. The molecular formula is C22H39NO6Si. The molecule has 0 saturated carbocycles. The quantitative estimate of drug-likeness (QED) is 0.179. The van der Waals surface area contributed by atoms with Gasteiger partial charge < -0.3 is 18.9 Å².